The van der Waals surface area contributed by atoms with Gasteiger partial charge in [0.1, 0.15) is 30.6 Å². The van der Waals surface area contributed by atoms with E-state index in [-0.39, 0.29) is 12.4 Å². The molecule has 0 fully saturated rings. The molecule has 4 rings (SSSR count). The topological polar surface area (TPSA) is 83.0 Å². The number of benzene rings is 1. The van der Waals surface area contributed by atoms with Crippen molar-refractivity contribution in [1.29, 1.82) is 0 Å². The number of oxime groups is 1. The first kappa shape index (κ1) is 16.8. The molecule has 0 spiro atoms. The lowest BCUT2D eigenvalue weighted by atomic mass is 10.2. The van der Waals surface area contributed by atoms with Crippen molar-refractivity contribution in [2.75, 3.05) is 0 Å². The number of halogens is 1. The monoisotopic (exact) mass is 365 g/mol. The van der Waals surface area contributed by atoms with Crippen molar-refractivity contribution in [2.24, 2.45) is 5.16 Å². The lowest BCUT2D eigenvalue weighted by Gasteiger charge is -2.06. The van der Waals surface area contributed by atoms with Gasteiger partial charge < -0.3 is 9.40 Å². The molecule has 27 heavy (non-hydrogen) atoms. The molecule has 4 aromatic rings. The van der Waals surface area contributed by atoms with Gasteiger partial charge in [0.2, 0.25) is 5.95 Å². The first-order valence-electron chi connectivity index (χ1n) is 8.36. The van der Waals surface area contributed by atoms with Gasteiger partial charge in [0.05, 0.1) is 17.9 Å². The van der Waals surface area contributed by atoms with Crippen molar-refractivity contribution in [3.63, 3.8) is 0 Å². The molecule has 1 aromatic carbocycles. The maximum atomic E-state index is 13.6. The molecule has 8 nitrogen and oxygen atoms in total. The van der Waals surface area contributed by atoms with Crippen LogP contribution >= 0.6 is 0 Å². The Labute approximate surface area is 154 Å². The molecular weight excluding hydrogens is 349 g/mol. The second kappa shape index (κ2) is 7.32. The van der Waals surface area contributed by atoms with Gasteiger partial charge in [-0.15, -0.1) is 0 Å². The molecule has 0 bridgehead atoms. The molecular formula is C18H16FN7O. The van der Waals surface area contributed by atoms with Gasteiger partial charge in [0, 0.05) is 23.9 Å². The van der Waals surface area contributed by atoms with Crippen molar-refractivity contribution < 1.29 is 9.23 Å². The van der Waals surface area contributed by atoms with Crippen LogP contribution in [0.1, 0.15) is 18.1 Å². The average Bonchev–Trinajstić information content (AvgIpc) is 3.34. The van der Waals surface area contributed by atoms with E-state index < -0.39 is 0 Å². The minimum Gasteiger partial charge on any atom is -0.391 e. The molecule has 0 atom stereocenters. The van der Waals surface area contributed by atoms with Crippen LogP contribution in [-0.4, -0.2) is 35.5 Å². The Balaban J connectivity index is 1.63. The fourth-order valence-corrected chi connectivity index (χ4v) is 2.80. The Morgan fingerprint density at radius 3 is 2.89 bits per heavy atom. The van der Waals surface area contributed by atoms with Gasteiger partial charge in [-0.3, -0.25) is 4.98 Å². The van der Waals surface area contributed by atoms with E-state index in [1.807, 2.05) is 11.5 Å². The van der Waals surface area contributed by atoms with Gasteiger partial charge in [-0.05, 0) is 13.0 Å². The number of hydrogen-bond acceptors (Lipinski definition) is 6. The normalized spacial score (nSPS) is 11.5. The molecule has 136 valence electrons. The van der Waals surface area contributed by atoms with Crippen LogP contribution in [-0.2, 0) is 18.0 Å². The van der Waals surface area contributed by atoms with Crippen LogP contribution in [0.3, 0.4) is 0 Å². The summed E-state index contributed by atoms with van der Waals surface area (Å²) in [5.41, 5.74) is 2.75. The Kier molecular flexibility index (Phi) is 4.56. The van der Waals surface area contributed by atoms with Crippen molar-refractivity contribution in [2.45, 2.75) is 20.1 Å². The van der Waals surface area contributed by atoms with Crippen LogP contribution in [0.5, 0.6) is 0 Å². The zero-order chi connectivity index (χ0) is 18.6. The van der Waals surface area contributed by atoms with Gasteiger partial charge in [-0.1, -0.05) is 23.4 Å². The van der Waals surface area contributed by atoms with Crippen LogP contribution in [0.2, 0.25) is 0 Å². The molecule has 3 aromatic heterocycles. The molecule has 0 aliphatic rings. The molecule has 0 amide bonds. The number of fused-ring (bicyclic) bond motifs is 1. The lowest BCUT2D eigenvalue weighted by Crippen LogP contribution is -2.07. The Hall–Kier alpha value is -3.62. The third-order valence-electron chi connectivity index (χ3n) is 4.04. The maximum Gasteiger partial charge on any atom is 0.233 e. The fourth-order valence-electron chi connectivity index (χ4n) is 2.80. The molecule has 0 aliphatic heterocycles. The fraction of sp³-hybridized carbons (Fsp3) is 0.167. The SMILES string of the molecule is CCn1c(-n2cncn2)nc2cncc(C=NOCc3ccccc3F)c21. The third kappa shape index (κ3) is 3.26. The Morgan fingerprint density at radius 1 is 1.22 bits per heavy atom. The van der Waals surface area contributed by atoms with E-state index in [0.29, 0.717) is 23.6 Å². The maximum absolute atomic E-state index is 13.6. The van der Waals surface area contributed by atoms with Crippen molar-refractivity contribution in [1.82, 2.24) is 29.3 Å². The quantitative estimate of drug-likeness (QED) is 0.388. The molecule has 0 aliphatic carbocycles. The first-order chi connectivity index (χ1) is 13.3. The van der Waals surface area contributed by atoms with Crippen LogP contribution in [0.25, 0.3) is 17.0 Å². The van der Waals surface area contributed by atoms with E-state index in [1.165, 1.54) is 12.4 Å². The molecule has 3 heterocycles. The smallest absolute Gasteiger partial charge is 0.233 e. The van der Waals surface area contributed by atoms with Gasteiger partial charge in [-0.25, -0.2) is 14.4 Å². The molecule has 0 saturated carbocycles. The van der Waals surface area contributed by atoms with E-state index in [0.717, 1.165) is 11.1 Å². The zero-order valence-electron chi connectivity index (χ0n) is 14.5. The number of aryl methyl sites for hydroxylation is 1. The van der Waals surface area contributed by atoms with E-state index in [9.17, 15) is 4.39 Å². The van der Waals surface area contributed by atoms with Gasteiger partial charge >= 0.3 is 0 Å². The Morgan fingerprint density at radius 2 is 2.11 bits per heavy atom. The summed E-state index contributed by atoms with van der Waals surface area (Å²) in [5.74, 6) is 0.318. The number of rotatable bonds is 6. The summed E-state index contributed by atoms with van der Waals surface area (Å²) in [6.07, 6.45) is 7.95. The van der Waals surface area contributed by atoms with Crippen molar-refractivity contribution in [3.05, 3.63) is 66.3 Å². The number of aromatic nitrogens is 6. The lowest BCUT2D eigenvalue weighted by molar-refractivity contribution is 0.129. The minimum absolute atomic E-state index is 0.0455. The molecule has 9 heteroatoms. The van der Waals surface area contributed by atoms with Crippen LogP contribution in [0.15, 0.2) is 54.5 Å². The van der Waals surface area contributed by atoms with E-state index in [2.05, 4.69) is 25.2 Å². The molecule has 0 N–H and O–H groups in total. The number of hydrogen-bond donors (Lipinski definition) is 0. The second-order valence-electron chi connectivity index (χ2n) is 5.69. The summed E-state index contributed by atoms with van der Waals surface area (Å²) in [7, 11) is 0. The van der Waals surface area contributed by atoms with Gasteiger partial charge in [0.15, 0.2) is 0 Å². The predicted octanol–water partition coefficient (Wildman–Crippen LogP) is 2.72. The summed E-state index contributed by atoms with van der Waals surface area (Å²) in [4.78, 5) is 18.0. The third-order valence-corrected chi connectivity index (χ3v) is 4.04. The largest absolute Gasteiger partial charge is 0.391 e. The summed E-state index contributed by atoms with van der Waals surface area (Å²) in [5, 5.41) is 8.11. The predicted molar refractivity (Wildman–Crippen MR) is 96.9 cm³/mol. The molecule has 0 radical (unpaired) electrons. The standard InChI is InChI=1S/C18H16FN7O/c1-2-25-17-14(8-23-27-10-13-5-3-4-6-15(13)19)7-20-9-16(17)24-18(25)26-12-21-11-22-26/h3-9,11-12H,2,10H2,1H3. The van der Waals surface area contributed by atoms with Gasteiger partial charge in [-0.2, -0.15) is 9.78 Å². The summed E-state index contributed by atoms with van der Waals surface area (Å²) >= 11 is 0. The highest BCUT2D eigenvalue weighted by atomic mass is 19.1. The van der Waals surface area contributed by atoms with Crippen LogP contribution in [0.4, 0.5) is 4.39 Å². The summed E-state index contributed by atoms with van der Waals surface area (Å²) in [6, 6.07) is 6.43. The number of pyridine rings is 1. The number of imidazole rings is 1. The van der Waals surface area contributed by atoms with E-state index in [4.69, 9.17) is 4.84 Å². The minimum atomic E-state index is -0.321. The molecule has 0 unspecified atom stereocenters. The number of nitrogens with zero attached hydrogens (tertiary/aromatic N) is 7. The highest BCUT2D eigenvalue weighted by Gasteiger charge is 2.14. The molecule has 0 saturated heterocycles. The highest BCUT2D eigenvalue weighted by molar-refractivity contribution is 5.96. The first-order valence-corrected chi connectivity index (χ1v) is 8.36. The zero-order valence-corrected chi connectivity index (χ0v) is 14.5. The highest BCUT2D eigenvalue weighted by Crippen LogP contribution is 2.20. The summed E-state index contributed by atoms with van der Waals surface area (Å²) < 4.78 is 17.2. The van der Waals surface area contributed by atoms with Crippen molar-refractivity contribution >= 4 is 17.2 Å². The Bertz CT molecular complexity index is 1090. The van der Waals surface area contributed by atoms with E-state index >= 15 is 0 Å². The van der Waals surface area contributed by atoms with Crippen molar-refractivity contribution in [3.8, 4) is 5.95 Å². The van der Waals surface area contributed by atoms with Crippen LogP contribution < -0.4 is 0 Å². The van der Waals surface area contributed by atoms with E-state index in [1.54, 1.807) is 47.8 Å². The average molecular weight is 365 g/mol. The van der Waals surface area contributed by atoms with Crippen LogP contribution in [0, 0.1) is 5.82 Å². The van der Waals surface area contributed by atoms with Gasteiger partial charge in [0.25, 0.3) is 0 Å². The summed E-state index contributed by atoms with van der Waals surface area (Å²) in [6.45, 7) is 2.73. The second-order valence-corrected chi connectivity index (χ2v) is 5.69.